The van der Waals surface area contributed by atoms with Gasteiger partial charge in [0.25, 0.3) is 0 Å². The second-order valence-corrected chi connectivity index (χ2v) is 8.74. The number of hydrogen-bond acceptors (Lipinski definition) is 3. The minimum Gasteiger partial charge on any atom is -0.475 e. The molecular formula is C22H29F3N2O3. The monoisotopic (exact) mass is 426 g/mol. The fourth-order valence-corrected chi connectivity index (χ4v) is 4.46. The molecule has 1 aromatic carbocycles. The standard InChI is InChI=1S/C20H28N2O.C2HF3O2/c1-16-3-2-4-18(13-16)15-22-19(23)7-8-20(22)9-11-21(12-10-20)14-17-5-6-17;3-2(4,5)1(6)7/h2-4,13,17H,5-12,14-15H2,1H3;(H,6,7). The first-order valence-corrected chi connectivity index (χ1v) is 10.5. The zero-order chi connectivity index (χ0) is 21.9. The fraction of sp³-hybridized carbons (Fsp3) is 0.636. The average molecular weight is 426 g/mol. The third-order valence-electron chi connectivity index (χ3n) is 6.34. The molecule has 0 aromatic heterocycles. The maximum absolute atomic E-state index is 12.5. The lowest BCUT2D eigenvalue weighted by Crippen LogP contribution is -2.53. The van der Waals surface area contributed by atoms with E-state index in [2.05, 4.69) is 41.0 Å². The van der Waals surface area contributed by atoms with Crippen molar-refractivity contribution in [2.24, 2.45) is 5.92 Å². The number of halogens is 3. The molecule has 1 aliphatic carbocycles. The van der Waals surface area contributed by atoms with E-state index in [0.29, 0.717) is 5.91 Å². The number of hydrogen-bond donors (Lipinski definition) is 1. The summed E-state index contributed by atoms with van der Waals surface area (Å²) in [6.45, 7) is 6.56. The lowest BCUT2D eigenvalue weighted by Gasteiger charge is -2.45. The van der Waals surface area contributed by atoms with Gasteiger partial charge < -0.3 is 14.9 Å². The van der Waals surface area contributed by atoms with E-state index in [9.17, 15) is 18.0 Å². The van der Waals surface area contributed by atoms with Gasteiger partial charge in [-0.25, -0.2) is 4.79 Å². The topological polar surface area (TPSA) is 60.9 Å². The smallest absolute Gasteiger partial charge is 0.475 e. The van der Waals surface area contributed by atoms with Crippen molar-refractivity contribution >= 4 is 11.9 Å². The Morgan fingerprint density at radius 3 is 2.37 bits per heavy atom. The molecule has 0 radical (unpaired) electrons. The second-order valence-electron chi connectivity index (χ2n) is 8.74. The quantitative estimate of drug-likeness (QED) is 0.791. The number of likely N-dealkylation sites (tertiary alicyclic amines) is 2. The molecule has 5 nitrogen and oxygen atoms in total. The van der Waals surface area contributed by atoms with Crippen LogP contribution in [0.25, 0.3) is 0 Å². The van der Waals surface area contributed by atoms with Crippen LogP contribution in [0.5, 0.6) is 0 Å². The lowest BCUT2D eigenvalue weighted by molar-refractivity contribution is -0.192. The summed E-state index contributed by atoms with van der Waals surface area (Å²) < 4.78 is 31.7. The molecule has 3 aliphatic rings. The third kappa shape index (κ3) is 5.74. The van der Waals surface area contributed by atoms with E-state index >= 15 is 0 Å². The van der Waals surface area contributed by atoms with Crippen LogP contribution >= 0.6 is 0 Å². The van der Waals surface area contributed by atoms with Crippen molar-refractivity contribution in [2.45, 2.75) is 63.7 Å². The van der Waals surface area contributed by atoms with Crippen molar-refractivity contribution in [3.63, 3.8) is 0 Å². The van der Waals surface area contributed by atoms with Gasteiger partial charge in [0.15, 0.2) is 0 Å². The molecule has 0 atom stereocenters. The number of rotatable bonds is 4. The number of amides is 1. The Balaban J connectivity index is 0.000000318. The Kier molecular flexibility index (Phi) is 6.75. The maximum Gasteiger partial charge on any atom is 0.490 e. The van der Waals surface area contributed by atoms with Crippen LogP contribution in [0, 0.1) is 12.8 Å². The summed E-state index contributed by atoms with van der Waals surface area (Å²) in [7, 11) is 0. The van der Waals surface area contributed by atoms with Gasteiger partial charge in [-0.05, 0) is 50.5 Å². The number of carboxylic acids is 1. The highest BCUT2D eigenvalue weighted by Gasteiger charge is 2.47. The molecule has 2 saturated heterocycles. The Bertz CT molecular complexity index is 769. The molecule has 166 valence electrons. The Morgan fingerprint density at radius 2 is 1.83 bits per heavy atom. The van der Waals surface area contributed by atoms with Crippen molar-refractivity contribution in [3.8, 4) is 0 Å². The molecule has 2 aliphatic heterocycles. The van der Waals surface area contributed by atoms with Gasteiger partial charge in [-0.15, -0.1) is 0 Å². The van der Waals surface area contributed by atoms with Gasteiger partial charge in [0.2, 0.25) is 5.91 Å². The number of benzene rings is 1. The molecule has 8 heteroatoms. The van der Waals surface area contributed by atoms with Crippen molar-refractivity contribution in [1.29, 1.82) is 0 Å². The molecule has 0 bridgehead atoms. The Morgan fingerprint density at radius 1 is 1.20 bits per heavy atom. The Labute approximate surface area is 174 Å². The van der Waals surface area contributed by atoms with Crippen LogP contribution in [-0.2, 0) is 16.1 Å². The molecule has 1 aromatic rings. The van der Waals surface area contributed by atoms with Gasteiger partial charge >= 0.3 is 12.1 Å². The van der Waals surface area contributed by atoms with Crippen molar-refractivity contribution in [2.75, 3.05) is 19.6 Å². The van der Waals surface area contributed by atoms with Crippen LogP contribution in [0.4, 0.5) is 13.2 Å². The first-order valence-electron chi connectivity index (χ1n) is 10.5. The SMILES string of the molecule is Cc1cccc(CN2C(=O)CCC23CCN(CC2CC2)CC3)c1.O=C(O)C(F)(F)F. The van der Waals surface area contributed by atoms with E-state index in [0.717, 1.165) is 38.1 Å². The molecule has 30 heavy (non-hydrogen) atoms. The molecule has 2 heterocycles. The van der Waals surface area contributed by atoms with Crippen LogP contribution in [0.2, 0.25) is 0 Å². The molecule has 1 spiro atoms. The molecule has 4 rings (SSSR count). The predicted octanol–water partition coefficient (Wildman–Crippen LogP) is 4.00. The van der Waals surface area contributed by atoms with Crippen molar-refractivity contribution in [1.82, 2.24) is 9.80 Å². The van der Waals surface area contributed by atoms with Gasteiger partial charge in [-0.3, -0.25) is 4.79 Å². The highest BCUT2D eigenvalue weighted by Crippen LogP contribution is 2.41. The van der Waals surface area contributed by atoms with Crippen LogP contribution < -0.4 is 0 Å². The van der Waals surface area contributed by atoms with Crippen molar-refractivity contribution in [3.05, 3.63) is 35.4 Å². The summed E-state index contributed by atoms with van der Waals surface area (Å²) in [6.07, 6.45) is 1.91. The summed E-state index contributed by atoms with van der Waals surface area (Å²) in [5.74, 6) is -1.42. The number of nitrogens with zero attached hydrogens (tertiary/aromatic N) is 2. The lowest BCUT2D eigenvalue weighted by atomic mass is 9.84. The van der Waals surface area contributed by atoms with Gasteiger partial charge in [-0.1, -0.05) is 29.8 Å². The van der Waals surface area contributed by atoms with Crippen LogP contribution in [0.3, 0.4) is 0 Å². The predicted molar refractivity (Wildman–Crippen MR) is 106 cm³/mol. The number of carboxylic acid groups (broad SMARTS) is 1. The summed E-state index contributed by atoms with van der Waals surface area (Å²) in [5, 5.41) is 7.12. The van der Waals surface area contributed by atoms with E-state index in [-0.39, 0.29) is 5.54 Å². The van der Waals surface area contributed by atoms with Gasteiger partial charge in [0, 0.05) is 38.1 Å². The van der Waals surface area contributed by atoms with E-state index < -0.39 is 12.1 Å². The minimum absolute atomic E-state index is 0.140. The number of aliphatic carboxylic acids is 1. The first-order chi connectivity index (χ1) is 14.1. The molecular weight excluding hydrogens is 397 g/mol. The molecule has 3 fully saturated rings. The normalized spacial score (nSPS) is 21.5. The number of carbonyl (C=O) groups excluding carboxylic acids is 1. The zero-order valence-electron chi connectivity index (χ0n) is 17.2. The number of alkyl halides is 3. The maximum atomic E-state index is 12.5. The summed E-state index contributed by atoms with van der Waals surface area (Å²) >= 11 is 0. The molecule has 1 N–H and O–H groups in total. The number of piperidine rings is 1. The summed E-state index contributed by atoms with van der Waals surface area (Å²) in [6, 6.07) is 8.62. The number of carbonyl (C=O) groups is 2. The fourth-order valence-electron chi connectivity index (χ4n) is 4.46. The van der Waals surface area contributed by atoms with Crippen molar-refractivity contribution < 1.29 is 27.9 Å². The van der Waals surface area contributed by atoms with E-state index in [1.54, 1.807) is 0 Å². The third-order valence-corrected chi connectivity index (χ3v) is 6.34. The summed E-state index contributed by atoms with van der Waals surface area (Å²) in [5.41, 5.74) is 2.70. The minimum atomic E-state index is -5.08. The van der Waals surface area contributed by atoms with E-state index in [1.165, 1.54) is 43.6 Å². The number of aryl methyl sites for hydroxylation is 1. The highest BCUT2D eigenvalue weighted by molar-refractivity contribution is 5.79. The van der Waals surface area contributed by atoms with Crippen LogP contribution in [0.1, 0.15) is 49.7 Å². The molecule has 1 saturated carbocycles. The van der Waals surface area contributed by atoms with Gasteiger partial charge in [-0.2, -0.15) is 13.2 Å². The van der Waals surface area contributed by atoms with Crippen LogP contribution in [-0.4, -0.2) is 58.1 Å². The largest absolute Gasteiger partial charge is 0.490 e. The molecule has 0 unspecified atom stereocenters. The zero-order valence-corrected chi connectivity index (χ0v) is 17.2. The Hall–Kier alpha value is -2.09. The van der Waals surface area contributed by atoms with Gasteiger partial charge in [0.1, 0.15) is 0 Å². The highest BCUT2D eigenvalue weighted by atomic mass is 19.4. The first kappa shape index (κ1) is 22.6. The second kappa shape index (κ2) is 8.96. The molecule has 1 amide bonds. The van der Waals surface area contributed by atoms with E-state index in [4.69, 9.17) is 9.90 Å². The van der Waals surface area contributed by atoms with E-state index in [1.807, 2.05) is 0 Å². The average Bonchev–Trinajstić information content (AvgIpc) is 3.45. The van der Waals surface area contributed by atoms with Crippen LogP contribution in [0.15, 0.2) is 24.3 Å². The summed E-state index contributed by atoms with van der Waals surface area (Å²) in [4.78, 5) is 26.3. The van der Waals surface area contributed by atoms with Gasteiger partial charge in [0.05, 0.1) is 0 Å².